The molecule has 2 amide bonds. The van der Waals surface area contributed by atoms with E-state index in [0.29, 0.717) is 33.2 Å². The number of rotatable bonds is 6. The lowest BCUT2D eigenvalue weighted by Gasteiger charge is -2.29. The number of amides is 2. The van der Waals surface area contributed by atoms with Gasteiger partial charge in [0, 0.05) is 27.6 Å². The number of alkyl halides is 2. The molecule has 2 aliphatic rings. The highest BCUT2D eigenvalue weighted by atomic mass is 32.1. The number of fused-ring (bicyclic) bond motifs is 2. The van der Waals surface area contributed by atoms with Crippen molar-refractivity contribution in [2.24, 2.45) is 0 Å². The Balaban J connectivity index is 0.000000164. The van der Waals surface area contributed by atoms with Gasteiger partial charge < -0.3 is 20.1 Å². The Hall–Kier alpha value is -6.05. The maximum atomic E-state index is 16.0. The number of methoxy groups -OCH3 is 2. The Morgan fingerprint density at radius 2 is 1.23 bits per heavy atom. The monoisotopic (exact) mass is 752 g/mol. The molecule has 8 nitrogen and oxygen atoms in total. The predicted octanol–water partition coefficient (Wildman–Crippen LogP) is 8.99. The van der Waals surface area contributed by atoms with Crippen LogP contribution in [0.3, 0.4) is 0 Å². The van der Waals surface area contributed by atoms with Crippen molar-refractivity contribution in [2.75, 3.05) is 24.9 Å². The third-order valence-corrected chi connectivity index (χ3v) is 10.7. The van der Waals surface area contributed by atoms with E-state index in [-0.39, 0.29) is 38.6 Å². The number of hydrogen-bond acceptors (Lipinski definition) is 8. The van der Waals surface area contributed by atoms with Crippen molar-refractivity contribution < 1.29 is 41.8 Å². The maximum absolute atomic E-state index is 16.0. The average molecular weight is 753 g/mol. The zero-order valence-corrected chi connectivity index (χ0v) is 29.5. The van der Waals surface area contributed by atoms with E-state index in [9.17, 15) is 23.6 Å². The fourth-order valence-electron chi connectivity index (χ4n) is 6.28. The van der Waals surface area contributed by atoms with Crippen LogP contribution in [0.5, 0.6) is 11.5 Å². The summed E-state index contributed by atoms with van der Waals surface area (Å²) >= 11 is 1.81. The van der Waals surface area contributed by atoms with Crippen LogP contribution in [0.2, 0.25) is 0 Å². The largest absolute Gasteiger partial charge is 0.497 e. The first kappa shape index (κ1) is 35.4. The molecule has 4 aromatic carbocycles. The lowest BCUT2D eigenvalue weighted by molar-refractivity contribution is -0.126. The Morgan fingerprint density at radius 3 is 1.92 bits per heavy atom. The summed E-state index contributed by atoms with van der Waals surface area (Å²) in [6.45, 7) is 0. The van der Waals surface area contributed by atoms with Gasteiger partial charge in [0.2, 0.25) is 11.6 Å². The number of nitrogens with one attached hydrogen (secondary N) is 2. The molecule has 0 radical (unpaired) electrons. The minimum Gasteiger partial charge on any atom is -0.497 e. The van der Waals surface area contributed by atoms with Gasteiger partial charge in [-0.15, -0.1) is 11.3 Å². The van der Waals surface area contributed by atoms with Crippen LogP contribution in [0.1, 0.15) is 31.8 Å². The van der Waals surface area contributed by atoms with Crippen molar-refractivity contribution in [3.8, 4) is 33.8 Å². The summed E-state index contributed by atoms with van der Waals surface area (Å²) in [5, 5.41) is 6.34. The third kappa shape index (κ3) is 5.78. The van der Waals surface area contributed by atoms with E-state index < -0.39 is 39.8 Å². The van der Waals surface area contributed by atoms with Crippen LogP contribution in [-0.4, -0.2) is 37.6 Å². The Labute approximate surface area is 308 Å². The van der Waals surface area contributed by atoms with Gasteiger partial charge in [-0.1, -0.05) is 102 Å². The second-order valence-electron chi connectivity index (χ2n) is 11.9. The molecule has 4 heterocycles. The number of halogens is 3. The topological polar surface area (TPSA) is 111 Å². The molecule has 13 heteroatoms. The molecule has 0 spiro atoms. The summed E-state index contributed by atoms with van der Waals surface area (Å²) < 4.78 is 56.7. The molecule has 2 atom stereocenters. The maximum Gasteiger partial charge on any atom is 0.279 e. The van der Waals surface area contributed by atoms with Crippen LogP contribution in [0, 0.1) is 5.13 Å². The number of carbonyl (C=O) groups excluding carboxylic acids is 4. The number of anilines is 2. The molecule has 2 N–H and O–H groups in total. The highest BCUT2D eigenvalue weighted by Gasteiger charge is 2.56. The molecule has 53 heavy (non-hydrogen) atoms. The molecule has 2 aliphatic heterocycles. The summed E-state index contributed by atoms with van der Waals surface area (Å²) in [7, 11) is 2.84. The minimum absolute atomic E-state index is 0.00419. The second-order valence-corrected chi connectivity index (χ2v) is 13.7. The lowest BCUT2D eigenvalue weighted by Crippen LogP contribution is -2.47. The van der Waals surface area contributed by atoms with E-state index in [0.717, 1.165) is 5.56 Å². The summed E-state index contributed by atoms with van der Waals surface area (Å²) in [5.41, 5.74) is -4.22. The molecular weight excluding hydrogens is 726 g/mol. The molecule has 6 aromatic rings. The van der Waals surface area contributed by atoms with Crippen LogP contribution < -0.4 is 20.1 Å². The van der Waals surface area contributed by atoms with Gasteiger partial charge in [-0.3, -0.25) is 19.2 Å². The van der Waals surface area contributed by atoms with Crippen LogP contribution in [-0.2, 0) is 20.9 Å². The first-order valence-corrected chi connectivity index (χ1v) is 17.7. The molecule has 2 unspecified atom stereocenters. The molecule has 0 aliphatic carbocycles. The van der Waals surface area contributed by atoms with Gasteiger partial charge in [0.05, 0.1) is 25.3 Å². The standard InChI is InChI=1S/C20H13F2NO3S.C20H14FNO3S/c1-26-13-9-5-6-11(10-13)14-15-16(24)20(22,12-7-3-2-4-8-12)19(25)23-18(15)27-17(14)21;1-25-15-10-6-5-9-14(15)20(21)17(23)16-13(12-7-3-2-4-8-12)11-26-18(16)22-19(20)24/h2-10H,1H3,(H,23,25);2-11H,1H3,(H,22,24). The summed E-state index contributed by atoms with van der Waals surface area (Å²) in [6.07, 6.45) is 0. The van der Waals surface area contributed by atoms with Crippen LogP contribution in [0.4, 0.5) is 23.2 Å². The number of para-hydroxylation sites is 1. The number of thiophene rings is 2. The predicted molar refractivity (Wildman–Crippen MR) is 197 cm³/mol. The number of carbonyl (C=O) groups is 4. The second kappa shape index (κ2) is 13.8. The Bertz CT molecular complexity index is 2420. The summed E-state index contributed by atoms with van der Waals surface area (Å²) in [4.78, 5) is 51.2. The molecule has 0 saturated carbocycles. The van der Waals surface area contributed by atoms with Gasteiger partial charge in [0.1, 0.15) is 21.5 Å². The molecule has 0 saturated heterocycles. The molecule has 0 fully saturated rings. The number of benzene rings is 4. The Kier molecular flexibility index (Phi) is 9.22. The van der Waals surface area contributed by atoms with Crippen LogP contribution in [0.25, 0.3) is 22.3 Å². The third-order valence-electron chi connectivity index (χ3n) is 8.91. The van der Waals surface area contributed by atoms with Gasteiger partial charge in [-0.2, -0.15) is 4.39 Å². The molecule has 2 aromatic heterocycles. The molecule has 8 rings (SSSR count). The summed E-state index contributed by atoms with van der Waals surface area (Å²) in [5.74, 6) is -3.45. The summed E-state index contributed by atoms with van der Waals surface area (Å²) in [6, 6.07) is 29.3. The van der Waals surface area contributed by atoms with E-state index in [1.165, 1.54) is 62.0 Å². The van der Waals surface area contributed by atoms with Crippen molar-refractivity contribution in [2.45, 2.75) is 11.3 Å². The van der Waals surface area contributed by atoms with Crippen molar-refractivity contribution in [3.63, 3.8) is 0 Å². The van der Waals surface area contributed by atoms with Crippen molar-refractivity contribution in [1.82, 2.24) is 0 Å². The fourth-order valence-corrected chi connectivity index (χ4v) is 8.19. The Morgan fingerprint density at radius 1 is 0.623 bits per heavy atom. The first-order valence-electron chi connectivity index (χ1n) is 16.0. The van der Waals surface area contributed by atoms with E-state index in [1.807, 2.05) is 30.3 Å². The minimum atomic E-state index is -2.92. The van der Waals surface area contributed by atoms with Crippen LogP contribution >= 0.6 is 22.7 Å². The van der Waals surface area contributed by atoms with Crippen molar-refractivity contribution in [3.05, 3.63) is 142 Å². The van der Waals surface area contributed by atoms with Crippen molar-refractivity contribution >= 4 is 56.1 Å². The quantitative estimate of drug-likeness (QED) is 0.165. The van der Waals surface area contributed by atoms with E-state index in [2.05, 4.69) is 10.6 Å². The lowest BCUT2D eigenvalue weighted by atomic mass is 9.82. The zero-order chi connectivity index (χ0) is 37.5. The first-order chi connectivity index (χ1) is 25.5. The van der Waals surface area contributed by atoms with Gasteiger partial charge >= 0.3 is 0 Å². The number of ketones is 2. The number of hydrogen-bond donors (Lipinski definition) is 2. The van der Waals surface area contributed by atoms with Gasteiger partial charge in [0.15, 0.2) is 5.13 Å². The zero-order valence-electron chi connectivity index (χ0n) is 27.9. The SMILES string of the molecule is COc1cccc(-c2c(F)sc3c2C(=O)C(F)(c2ccccc2)C(=O)N3)c1.COc1ccccc1C1(F)C(=O)Nc2scc(-c3ccccc3)c2C1=O. The van der Waals surface area contributed by atoms with E-state index in [1.54, 1.807) is 47.8 Å². The van der Waals surface area contributed by atoms with E-state index >= 15 is 8.78 Å². The highest BCUT2D eigenvalue weighted by Crippen LogP contribution is 2.49. The van der Waals surface area contributed by atoms with Crippen LogP contribution in [0.15, 0.2) is 115 Å². The normalized spacial score (nSPS) is 18.9. The average Bonchev–Trinajstić information content (AvgIpc) is 3.77. The van der Waals surface area contributed by atoms with Gasteiger partial charge in [0.25, 0.3) is 23.2 Å². The number of Topliss-reactive ketones (excluding diaryl/α,β-unsaturated/α-hetero) is 2. The molecule has 266 valence electrons. The smallest absolute Gasteiger partial charge is 0.279 e. The number of ether oxygens (including phenoxy) is 2. The van der Waals surface area contributed by atoms with Gasteiger partial charge in [-0.05, 0) is 29.3 Å². The highest BCUT2D eigenvalue weighted by molar-refractivity contribution is 7.16. The molecular formula is C40H27F3N2O6S2. The van der Waals surface area contributed by atoms with Crippen molar-refractivity contribution in [1.29, 1.82) is 0 Å². The van der Waals surface area contributed by atoms with Gasteiger partial charge in [-0.25, -0.2) is 8.78 Å². The molecule has 0 bridgehead atoms. The fraction of sp³-hybridized carbons (Fsp3) is 0.100. The van der Waals surface area contributed by atoms with E-state index in [4.69, 9.17) is 9.47 Å².